The van der Waals surface area contributed by atoms with Gasteiger partial charge in [-0.2, -0.15) is 58.9 Å². The maximum atomic E-state index is 11.8. The monoisotopic (exact) mass is 1170 g/mol. The minimum absolute atomic E-state index is 0. The van der Waals surface area contributed by atoms with Gasteiger partial charge in [-0.15, -0.1) is 0 Å². The van der Waals surface area contributed by atoms with E-state index >= 15 is 0 Å². The standard InChI is InChI=1S/C12H22O32S7.7K/c13-1-4-6(40-47(20,21)22)8(42-49(26,27)28)9(43-50(29,30)31)11(37-4)39-12(3-36-46(17,18)19)10(44-51(32,33)34)7(41-48(23,24)25)5(38-12)2-35-45(14,15)16;;;;;;;/h4-11,13H,1-3H2,(H,14,15,16)(H,17,18,19)(H,20,21,22)(H,23,24,25)(H,26,27,28)(H,29,30,31)(H,32,33,34);;;;;;;/t4-,5-,6-,7-,8+,9-,10+,11-,12+;;;;;;;/m1......./s1. The van der Waals surface area contributed by atoms with Gasteiger partial charge in [-0.05, 0) is 0 Å². The number of hydrogen-bond donors (Lipinski definition) is 8. The predicted molar refractivity (Wildman–Crippen MR) is 182 cm³/mol. The van der Waals surface area contributed by atoms with Crippen molar-refractivity contribution in [3.05, 3.63) is 0 Å². The van der Waals surface area contributed by atoms with E-state index in [-0.39, 0.29) is 360 Å². The zero-order chi connectivity index (χ0) is 39.8. The van der Waals surface area contributed by atoms with E-state index in [0.29, 0.717) is 0 Å². The van der Waals surface area contributed by atoms with Gasteiger partial charge in [0.15, 0.2) is 18.5 Å². The van der Waals surface area contributed by atoms with Crippen LogP contribution in [0.4, 0.5) is 0 Å². The van der Waals surface area contributed by atoms with Crippen molar-refractivity contribution in [2.45, 2.75) is 54.8 Å². The third-order valence-electron chi connectivity index (χ3n) is 5.48. The molecule has 2 saturated heterocycles. The Morgan fingerprint density at radius 1 is 0.448 bits per heavy atom. The number of rotatable bonds is 19. The minimum atomic E-state index is -6.14. The quantitative estimate of drug-likeness (QED) is 0.0440. The second kappa shape index (κ2) is 32.6. The zero-order valence-electron chi connectivity index (χ0n) is 30.5. The van der Waals surface area contributed by atoms with Gasteiger partial charge >= 0.3 is 72.8 Å². The molecule has 9 atom stereocenters. The summed E-state index contributed by atoms with van der Waals surface area (Å²) in [4.78, 5) is 0. The molecule has 0 amide bonds. The summed E-state index contributed by atoms with van der Waals surface area (Å²) in [7, 11) is -41.7. The Bertz CT molecular complexity index is 2050. The Kier molecular flexibility index (Phi) is 44.9. The van der Waals surface area contributed by atoms with Crippen LogP contribution in [-0.4, -0.2) is 530 Å². The molecular formula is C12H22K7O32S7. The Hall–Kier alpha value is 10.4. The Balaban J connectivity index is -0.000000966. The number of ether oxygens (including phenoxy) is 3. The van der Waals surface area contributed by atoms with Crippen LogP contribution in [0, 0.1) is 0 Å². The second-order valence-electron chi connectivity index (χ2n) is 9.11. The largest absolute Gasteiger partial charge is 0.397 e. The molecule has 0 aromatic carbocycles. The van der Waals surface area contributed by atoms with E-state index in [1.807, 2.05) is 0 Å². The zero-order valence-corrected chi connectivity index (χ0v) is 58.1. The van der Waals surface area contributed by atoms with Crippen LogP contribution in [0.3, 0.4) is 0 Å². The Morgan fingerprint density at radius 2 is 0.810 bits per heavy atom. The van der Waals surface area contributed by atoms with E-state index in [0.717, 1.165) is 0 Å². The van der Waals surface area contributed by atoms with Crippen molar-refractivity contribution < 1.29 is 139 Å². The molecule has 8 N–H and O–H groups in total. The van der Waals surface area contributed by atoms with Crippen molar-refractivity contribution in [3.63, 3.8) is 0 Å². The summed E-state index contributed by atoms with van der Waals surface area (Å²) in [5.74, 6) is -3.97. The molecule has 0 unspecified atom stereocenters. The molecule has 0 bridgehead atoms. The third-order valence-corrected chi connectivity index (χ3v) is 8.64. The predicted octanol–water partition coefficient (Wildman–Crippen LogP) is -9.27. The summed E-state index contributed by atoms with van der Waals surface area (Å²) in [6.07, 6.45) is -24.5. The Morgan fingerprint density at radius 3 is 1.17 bits per heavy atom. The first-order valence-corrected chi connectivity index (χ1v) is 21.2. The van der Waals surface area contributed by atoms with Crippen molar-refractivity contribution >= 4 is 432 Å². The average molecular weight is 1180 g/mol. The topological polar surface area (TPSA) is 493 Å². The summed E-state index contributed by atoms with van der Waals surface area (Å²) in [6, 6.07) is 0. The molecule has 58 heavy (non-hydrogen) atoms. The van der Waals surface area contributed by atoms with Gasteiger partial charge < -0.3 is 19.3 Å². The third kappa shape index (κ3) is 31.9. The van der Waals surface area contributed by atoms with Gasteiger partial charge in [0.25, 0.3) is 0 Å². The summed E-state index contributed by atoms with van der Waals surface area (Å²) in [5, 5.41) is 9.78. The summed E-state index contributed by atoms with van der Waals surface area (Å²) >= 11 is 0. The van der Waals surface area contributed by atoms with Crippen LogP contribution in [0.5, 0.6) is 0 Å². The fraction of sp³-hybridized carbons (Fsp3) is 1.00. The Labute approximate surface area is 628 Å². The van der Waals surface area contributed by atoms with Crippen LogP contribution < -0.4 is 0 Å². The molecule has 0 spiro atoms. The van der Waals surface area contributed by atoms with Gasteiger partial charge in [-0.3, -0.25) is 31.9 Å². The van der Waals surface area contributed by atoms with Gasteiger partial charge in [-0.25, -0.2) is 29.3 Å². The maximum absolute atomic E-state index is 11.8. The van der Waals surface area contributed by atoms with E-state index in [4.69, 9.17) is 27.9 Å². The van der Waals surface area contributed by atoms with E-state index in [9.17, 15) is 82.2 Å². The number of aliphatic hydroxyl groups is 1. The molecule has 0 saturated carbocycles. The van der Waals surface area contributed by atoms with Crippen molar-refractivity contribution in [2.24, 2.45) is 0 Å². The fourth-order valence-corrected chi connectivity index (χ4v) is 7.24. The molecule has 46 heteroatoms. The number of hydrogen-bond acceptors (Lipinski definition) is 25. The minimum Gasteiger partial charge on any atom is -0.394 e. The summed E-state index contributed by atoms with van der Waals surface area (Å²) < 4.78 is 270. The molecule has 311 valence electrons. The maximum Gasteiger partial charge on any atom is 0.397 e. The van der Waals surface area contributed by atoms with E-state index in [1.165, 1.54) is 0 Å². The van der Waals surface area contributed by atoms with Crippen LogP contribution in [0.1, 0.15) is 0 Å². The smallest absolute Gasteiger partial charge is 0.394 e. The van der Waals surface area contributed by atoms with Crippen molar-refractivity contribution in [3.8, 4) is 0 Å². The van der Waals surface area contributed by atoms with Gasteiger partial charge in [0.2, 0.25) is 5.79 Å². The van der Waals surface area contributed by atoms with E-state index in [1.54, 1.807) is 0 Å². The molecule has 0 aliphatic carbocycles. The van der Waals surface area contributed by atoms with Crippen LogP contribution in [0.15, 0.2) is 0 Å². The molecule has 32 nitrogen and oxygen atoms in total. The first kappa shape index (κ1) is 79.8. The molecule has 2 heterocycles. The van der Waals surface area contributed by atoms with Crippen LogP contribution in [-0.2, 0) is 116 Å². The van der Waals surface area contributed by atoms with Crippen LogP contribution >= 0.6 is 0 Å². The average Bonchev–Trinajstić information content (AvgIpc) is 3.11. The van der Waals surface area contributed by atoms with E-state index in [2.05, 4.69) is 29.3 Å². The van der Waals surface area contributed by atoms with Crippen molar-refractivity contribution in [1.29, 1.82) is 0 Å². The number of aliphatic hydroxyl groups excluding tert-OH is 1. The first-order chi connectivity index (χ1) is 22.5. The van der Waals surface area contributed by atoms with Crippen molar-refractivity contribution in [2.75, 3.05) is 19.8 Å². The van der Waals surface area contributed by atoms with Gasteiger partial charge in [0, 0.05) is 360 Å². The SMILES string of the molecule is O=S(=O)(O)OC[C@H]1O[C@@](COS(=O)(=O)O)(O[C@H]2O[C@H](CO)[C@@H](OS(=O)(=O)O)[C@H](OS(=O)(=O)O)[C@H]2OS(=O)(=O)O)[C@@H](OS(=O)(=O)O)[C@@H]1OS(=O)(=O)O.[K].[K].[K].[K].[K].[K].[K]. The molecule has 0 aromatic rings. The fourth-order valence-electron chi connectivity index (χ4n) is 4.10. The normalized spacial score (nSPS) is 28.0. The van der Waals surface area contributed by atoms with Gasteiger partial charge in [0.1, 0.15) is 37.1 Å². The molecule has 2 rings (SSSR count). The van der Waals surface area contributed by atoms with Crippen LogP contribution in [0.2, 0.25) is 0 Å². The second-order valence-corrected chi connectivity index (χ2v) is 16.5. The summed E-state index contributed by atoms with van der Waals surface area (Å²) in [5.41, 5.74) is 0. The van der Waals surface area contributed by atoms with E-state index < -0.39 is 147 Å². The molecule has 2 aliphatic rings. The first-order valence-electron chi connectivity index (χ1n) is 11.7. The molecular weight excluding hydrogens is 1150 g/mol. The van der Waals surface area contributed by atoms with Crippen LogP contribution in [0.25, 0.3) is 0 Å². The molecule has 2 aliphatic heterocycles. The molecule has 7 radical (unpaired) electrons. The molecule has 0 aromatic heterocycles. The summed E-state index contributed by atoms with van der Waals surface area (Å²) in [6.45, 7) is -5.78. The molecule has 2 fully saturated rings. The van der Waals surface area contributed by atoms with Crippen molar-refractivity contribution in [1.82, 2.24) is 0 Å². The van der Waals surface area contributed by atoms with Gasteiger partial charge in [0.05, 0.1) is 13.2 Å². The van der Waals surface area contributed by atoms with Gasteiger partial charge in [-0.1, -0.05) is 0 Å².